The first-order valence-electron chi connectivity index (χ1n) is 6.73. The van der Waals surface area contributed by atoms with Gasteiger partial charge in [-0.15, -0.1) is 11.3 Å². The zero-order chi connectivity index (χ0) is 14.0. The van der Waals surface area contributed by atoms with Crippen molar-refractivity contribution < 1.29 is 5.11 Å². The zero-order valence-electron chi connectivity index (χ0n) is 12.1. The summed E-state index contributed by atoms with van der Waals surface area (Å²) in [5.41, 5.74) is 1.01. The third-order valence-electron chi connectivity index (χ3n) is 3.10. The highest BCUT2D eigenvalue weighted by Crippen LogP contribution is 2.34. The monoisotopic (exact) mass is 278 g/mol. The van der Waals surface area contributed by atoms with Gasteiger partial charge in [0.25, 0.3) is 0 Å². The van der Waals surface area contributed by atoms with Crippen LogP contribution in [0.25, 0.3) is 0 Å². The molecule has 0 radical (unpaired) electrons. The first-order chi connectivity index (χ1) is 8.93. The highest BCUT2D eigenvalue weighted by molar-refractivity contribution is 7.12. The lowest BCUT2D eigenvalue weighted by Gasteiger charge is -2.16. The van der Waals surface area contributed by atoms with Crippen LogP contribution < -0.4 is 0 Å². The molecule has 1 unspecified atom stereocenters. The second-order valence-corrected chi connectivity index (χ2v) is 6.95. The summed E-state index contributed by atoms with van der Waals surface area (Å²) in [7, 11) is 0. The molecule has 0 aliphatic rings. The smallest absolute Gasteiger partial charge is 0.130 e. The molecular weight excluding hydrogens is 256 g/mol. The zero-order valence-corrected chi connectivity index (χ0v) is 12.9. The van der Waals surface area contributed by atoms with Gasteiger partial charge >= 0.3 is 0 Å². The molecule has 1 atom stereocenters. The molecule has 19 heavy (non-hydrogen) atoms. The SMILES string of the molecule is CCCn1nccc1C(O)c1ccc(C(C)(C)C)s1. The Morgan fingerprint density at radius 3 is 2.63 bits per heavy atom. The highest BCUT2D eigenvalue weighted by Gasteiger charge is 2.21. The first kappa shape index (κ1) is 14.3. The van der Waals surface area contributed by atoms with Crippen LogP contribution in [0.3, 0.4) is 0 Å². The van der Waals surface area contributed by atoms with E-state index in [-0.39, 0.29) is 5.41 Å². The minimum absolute atomic E-state index is 0.131. The molecule has 2 rings (SSSR count). The number of aliphatic hydroxyl groups is 1. The van der Waals surface area contributed by atoms with Gasteiger partial charge in [0, 0.05) is 22.5 Å². The van der Waals surface area contributed by atoms with E-state index in [1.54, 1.807) is 17.5 Å². The molecule has 0 fully saturated rings. The fourth-order valence-corrected chi connectivity index (χ4v) is 3.09. The fourth-order valence-electron chi connectivity index (χ4n) is 2.02. The van der Waals surface area contributed by atoms with Crippen molar-refractivity contribution in [3.8, 4) is 0 Å². The lowest BCUT2D eigenvalue weighted by Crippen LogP contribution is -2.09. The first-order valence-corrected chi connectivity index (χ1v) is 7.55. The second-order valence-electron chi connectivity index (χ2n) is 5.83. The van der Waals surface area contributed by atoms with Gasteiger partial charge in [-0.2, -0.15) is 5.10 Å². The van der Waals surface area contributed by atoms with Crippen molar-refractivity contribution >= 4 is 11.3 Å². The Balaban J connectivity index is 2.26. The van der Waals surface area contributed by atoms with E-state index in [4.69, 9.17) is 0 Å². The summed E-state index contributed by atoms with van der Waals surface area (Å²) in [4.78, 5) is 2.28. The molecule has 2 heterocycles. The predicted octanol–water partition coefficient (Wildman–Crippen LogP) is 3.73. The van der Waals surface area contributed by atoms with Crippen LogP contribution in [0.1, 0.15) is 55.7 Å². The Morgan fingerprint density at radius 1 is 1.32 bits per heavy atom. The van der Waals surface area contributed by atoms with Gasteiger partial charge in [-0.3, -0.25) is 4.68 Å². The van der Waals surface area contributed by atoms with Crippen LogP contribution in [0, 0.1) is 0 Å². The van der Waals surface area contributed by atoms with Crippen molar-refractivity contribution in [1.82, 2.24) is 9.78 Å². The Bertz CT molecular complexity index is 536. The lowest BCUT2D eigenvalue weighted by atomic mass is 9.95. The van der Waals surface area contributed by atoms with E-state index in [1.165, 1.54) is 4.88 Å². The van der Waals surface area contributed by atoms with Crippen molar-refractivity contribution in [3.05, 3.63) is 39.8 Å². The fraction of sp³-hybridized carbons (Fsp3) is 0.533. The van der Waals surface area contributed by atoms with Crippen LogP contribution in [0.15, 0.2) is 24.4 Å². The number of rotatable bonds is 4. The van der Waals surface area contributed by atoms with Gasteiger partial charge in [-0.25, -0.2) is 0 Å². The van der Waals surface area contributed by atoms with Crippen LogP contribution in [-0.2, 0) is 12.0 Å². The van der Waals surface area contributed by atoms with Gasteiger partial charge < -0.3 is 5.11 Å². The number of hydrogen-bond donors (Lipinski definition) is 1. The molecule has 2 aromatic heterocycles. The molecule has 3 nitrogen and oxygen atoms in total. The normalized spacial score (nSPS) is 13.7. The number of aromatic nitrogens is 2. The number of aryl methyl sites for hydroxylation is 1. The van der Waals surface area contributed by atoms with Gasteiger partial charge in [-0.1, -0.05) is 27.7 Å². The maximum atomic E-state index is 10.5. The quantitative estimate of drug-likeness (QED) is 0.925. The van der Waals surface area contributed by atoms with Gasteiger partial charge in [0.1, 0.15) is 6.10 Å². The van der Waals surface area contributed by atoms with Crippen molar-refractivity contribution in [3.63, 3.8) is 0 Å². The van der Waals surface area contributed by atoms with Crippen LogP contribution in [-0.4, -0.2) is 14.9 Å². The highest BCUT2D eigenvalue weighted by atomic mass is 32.1. The standard InChI is InChI=1S/C15H22N2OS/c1-5-10-17-11(8-9-16-17)14(18)12-6-7-13(19-12)15(2,3)4/h6-9,14,18H,5,10H2,1-4H3. The molecule has 0 amide bonds. The molecule has 0 saturated carbocycles. The van der Waals surface area contributed by atoms with Gasteiger partial charge in [0.05, 0.1) is 5.69 Å². The Labute approximate surface area is 118 Å². The van der Waals surface area contributed by atoms with Crippen molar-refractivity contribution in [2.24, 2.45) is 0 Å². The van der Waals surface area contributed by atoms with Crippen LogP contribution in [0.2, 0.25) is 0 Å². The molecule has 0 aliphatic carbocycles. The van der Waals surface area contributed by atoms with E-state index < -0.39 is 6.10 Å². The maximum Gasteiger partial charge on any atom is 0.130 e. The summed E-state index contributed by atoms with van der Waals surface area (Å²) in [5, 5.41) is 14.8. The van der Waals surface area contributed by atoms with E-state index in [0.717, 1.165) is 23.5 Å². The topological polar surface area (TPSA) is 38.0 Å². The predicted molar refractivity (Wildman–Crippen MR) is 79.6 cm³/mol. The molecule has 0 aromatic carbocycles. The summed E-state index contributed by atoms with van der Waals surface area (Å²) < 4.78 is 1.89. The lowest BCUT2D eigenvalue weighted by molar-refractivity contribution is 0.211. The molecule has 0 bridgehead atoms. The van der Waals surface area contributed by atoms with E-state index >= 15 is 0 Å². The van der Waals surface area contributed by atoms with Gasteiger partial charge in [0.2, 0.25) is 0 Å². The molecule has 1 N–H and O–H groups in total. The summed E-state index contributed by atoms with van der Waals surface area (Å²) in [5.74, 6) is 0. The van der Waals surface area contributed by atoms with E-state index in [2.05, 4.69) is 38.9 Å². The minimum atomic E-state index is -0.574. The number of thiophene rings is 1. The largest absolute Gasteiger partial charge is 0.381 e. The molecule has 0 spiro atoms. The van der Waals surface area contributed by atoms with E-state index in [1.807, 2.05) is 16.8 Å². The second kappa shape index (κ2) is 5.47. The molecule has 2 aromatic rings. The van der Waals surface area contributed by atoms with Crippen LogP contribution >= 0.6 is 11.3 Å². The van der Waals surface area contributed by atoms with Gasteiger partial charge in [-0.05, 0) is 30.0 Å². The minimum Gasteiger partial charge on any atom is -0.381 e. The van der Waals surface area contributed by atoms with E-state index in [9.17, 15) is 5.11 Å². The molecule has 0 aliphatic heterocycles. The number of aliphatic hydroxyl groups excluding tert-OH is 1. The average molecular weight is 278 g/mol. The summed E-state index contributed by atoms with van der Waals surface area (Å²) in [6.07, 6.45) is 2.20. The molecule has 0 saturated heterocycles. The van der Waals surface area contributed by atoms with Crippen molar-refractivity contribution in [1.29, 1.82) is 0 Å². The van der Waals surface area contributed by atoms with E-state index in [0.29, 0.717) is 0 Å². The third-order valence-corrected chi connectivity index (χ3v) is 4.66. The van der Waals surface area contributed by atoms with Crippen molar-refractivity contribution in [2.75, 3.05) is 0 Å². The Hall–Kier alpha value is -1.13. The molecule has 4 heteroatoms. The number of nitrogens with zero attached hydrogens (tertiary/aromatic N) is 2. The molecule has 104 valence electrons. The molecular formula is C15H22N2OS. The average Bonchev–Trinajstić information content (AvgIpc) is 2.96. The number of hydrogen-bond acceptors (Lipinski definition) is 3. The summed E-state index contributed by atoms with van der Waals surface area (Å²) >= 11 is 1.68. The van der Waals surface area contributed by atoms with Crippen LogP contribution in [0.4, 0.5) is 0 Å². The Morgan fingerprint density at radius 2 is 2.05 bits per heavy atom. The van der Waals surface area contributed by atoms with Gasteiger partial charge in [0.15, 0.2) is 0 Å². The van der Waals surface area contributed by atoms with Crippen LogP contribution in [0.5, 0.6) is 0 Å². The summed E-state index contributed by atoms with van der Waals surface area (Å²) in [6.45, 7) is 9.53. The third kappa shape index (κ3) is 3.07. The summed E-state index contributed by atoms with van der Waals surface area (Å²) in [6, 6.07) is 6.04. The van der Waals surface area contributed by atoms with Crippen molar-refractivity contribution in [2.45, 2.75) is 52.2 Å². The maximum absolute atomic E-state index is 10.5. The Kier molecular flexibility index (Phi) is 4.11.